The number of rotatable bonds is 10. The van der Waals surface area contributed by atoms with Crippen molar-refractivity contribution in [2.45, 2.75) is 26.3 Å². The molecule has 0 saturated heterocycles. The Bertz CT molecular complexity index is 1520. The number of ether oxygens (including phenoxy) is 1. The standard InChI is InChI=1S/C28H24N4O8/c1-17(33)40-22-5-2-4-19(14-22)26(35)29-16-18-7-9-20(10-8-18)30-25(34)6-3-13-31-27(36)23-12-11-21(32(38)39)15-24(23)28(31)37/h2,4-5,7-12,14-15H,3,6,13,16H2,1H3,(H,29,35)(H,30,34). The molecule has 0 spiro atoms. The van der Waals surface area contributed by atoms with Gasteiger partial charge in [-0.15, -0.1) is 0 Å². The minimum absolute atomic E-state index is 0.00398. The molecule has 2 N–H and O–H groups in total. The number of esters is 1. The molecular weight excluding hydrogens is 520 g/mol. The smallest absolute Gasteiger partial charge is 0.308 e. The number of benzene rings is 3. The average molecular weight is 545 g/mol. The second kappa shape index (κ2) is 12.0. The number of nitro groups is 1. The normalized spacial score (nSPS) is 12.1. The largest absolute Gasteiger partial charge is 0.427 e. The first-order valence-corrected chi connectivity index (χ1v) is 12.2. The highest BCUT2D eigenvalue weighted by atomic mass is 16.6. The first-order chi connectivity index (χ1) is 19.1. The first-order valence-electron chi connectivity index (χ1n) is 12.2. The van der Waals surface area contributed by atoms with Gasteiger partial charge in [0.15, 0.2) is 0 Å². The van der Waals surface area contributed by atoms with Gasteiger partial charge in [0.05, 0.1) is 16.1 Å². The van der Waals surface area contributed by atoms with Crippen LogP contribution in [0.3, 0.4) is 0 Å². The van der Waals surface area contributed by atoms with Crippen molar-refractivity contribution in [3.05, 3.63) is 99.1 Å². The molecule has 0 bridgehead atoms. The summed E-state index contributed by atoms with van der Waals surface area (Å²) in [5.41, 5.74) is 1.46. The van der Waals surface area contributed by atoms with Gasteiger partial charge in [-0.1, -0.05) is 18.2 Å². The van der Waals surface area contributed by atoms with E-state index in [-0.39, 0.29) is 60.3 Å². The summed E-state index contributed by atoms with van der Waals surface area (Å²) in [6, 6.07) is 16.6. The number of imide groups is 1. The molecule has 0 radical (unpaired) electrons. The van der Waals surface area contributed by atoms with E-state index in [0.29, 0.717) is 11.3 Å². The second-order valence-corrected chi connectivity index (χ2v) is 8.90. The van der Waals surface area contributed by atoms with Gasteiger partial charge in [-0.05, 0) is 48.4 Å². The van der Waals surface area contributed by atoms with Crippen LogP contribution in [0.5, 0.6) is 5.75 Å². The van der Waals surface area contributed by atoms with Crippen LogP contribution in [-0.2, 0) is 16.1 Å². The molecule has 0 saturated carbocycles. The van der Waals surface area contributed by atoms with Crippen LogP contribution in [-0.4, -0.2) is 46.0 Å². The zero-order valence-electron chi connectivity index (χ0n) is 21.3. The van der Waals surface area contributed by atoms with Crippen LogP contribution in [0.2, 0.25) is 0 Å². The molecule has 0 aromatic heterocycles. The van der Waals surface area contributed by atoms with Crippen molar-refractivity contribution in [3.63, 3.8) is 0 Å². The number of amides is 4. The Morgan fingerprint density at radius 3 is 2.38 bits per heavy atom. The minimum atomic E-state index is -0.637. The number of non-ortho nitro benzene ring substituents is 1. The Morgan fingerprint density at radius 1 is 0.950 bits per heavy atom. The van der Waals surface area contributed by atoms with Crippen molar-refractivity contribution >= 4 is 41.0 Å². The Labute approximate surface area is 228 Å². The average Bonchev–Trinajstić information content (AvgIpc) is 3.16. The molecular formula is C28H24N4O8. The van der Waals surface area contributed by atoms with Gasteiger partial charge >= 0.3 is 5.97 Å². The zero-order valence-corrected chi connectivity index (χ0v) is 21.3. The fourth-order valence-corrected chi connectivity index (χ4v) is 4.07. The fraction of sp³-hybridized carbons (Fsp3) is 0.179. The number of fused-ring (bicyclic) bond motifs is 1. The van der Waals surface area contributed by atoms with E-state index in [4.69, 9.17) is 4.74 Å². The topological polar surface area (TPSA) is 165 Å². The van der Waals surface area contributed by atoms with E-state index in [1.807, 2.05) is 0 Å². The molecule has 0 unspecified atom stereocenters. The highest BCUT2D eigenvalue weighted by Gasteiger charge is 2.36. The van der Waals surface area contributed by atoms with Gasteiger partial charge in [-0.25, -0.2) is 0 Å². The summed E-state index contributed by atoms with van der Waals surface area (Å²) in [7, 11) is 0. The lowest BCUT2D eigenvalue weighted by Crippen LogP contribution is -2.31. The number of carbonyl (C=O) groups is 5. The Morgan fingerprint density at radius 2 is 1.68 bits per heavy atom. The van der Waals surface area contributed by atoms with Crippen molar-refractivity contribution < 1.29 is 33.6 Å². The van der Waals surface area contributed by atoms with Crippen molar-refractivity contribution in [1.82, 2.24) is 10.2 Å². The second-order valence-electron chi connectivity index (χ2n) is 8.90. The molecule has 204 valence electrons. The maximum Gasteiger partial charge on any atom is 0.308 e. The van der Waals surface area contributed by atoms with Crippen LogP contribution in [0.15, 0.2) is 66.7 Å². The maximum absolute atomic E-state index is 12.5. The molecule has 4 amide bonds. The SMILES string of the molecule is CC(=O)Oc1cccc(C(=O)NCc2ccc(NC(=O)CCCN3C(=O)c4ccc([N+](=O)[O-])cc4C3=O)cc2)c1. The molecule has 1 aliphatic heterocycles. The summed E-state index contributed by atoms with van der Waals surface area (Å²) in [5, 5.41) is 16.5. The van der Waals surface area contributed by atoms with Crippen molar-refractivity contribution in [2.75, 3.05) is 11.9 Å². The minimum Gasteiger partial charge on any atom is -0.427 e. The summed E-state index contributed by atoms with van der Waals surface area (Å²) in [5.74, 6) is -2.04. The summed E-state index contributed by atoms with van der Waals surface area (Å²) in [6.07, 6.45) is 0.250. The van der Waals surface area contributed by atoms with Crippen LogP contribution in [0.1, 0.15) is 56.4 Å². The van der Waals surface area contributed by atoms with Gasteiger partial charge in [0.1, 0.15) is 5.75 Å². The Kier molecular flexibility index (Phi) is 8.28. The highest BCUT2D eigenvalue weighted by molar-refractivity contribution is 6.21. The predicted molar refractivity (Wildman–Crippen MR) is 142 cm³/mol. The van der Waals surface area contributed by atoms with Crippen molar-refractivity contribution in [2.24, 2.45) is 0 Å². The maximum atomic E-state index is 12.5. The molecule has 0 aliphatic carbocycles. The summed E-state index contributed by atoms with van der Waals surface area (Å²) in [4.78, 5) is 72.3. The lowest BCUT2D eigenvalue weighted by molar-refractivity contribution is -0.384. The Balaban J connectivity index is 1.23. The predicted octanol–water partition coefficient (Wildman–Crippen LogP) is 3.47. The van der Waals surface area contributed by atoms with Gasteiger partial charge in [-0.2, -0.15) is 0 Å². The molecule has 3 aromatic rings. The molecule has 0 fully saturated rings. The lowest BCUT2D eigenvalue weighted by Gasteiger charge is -2.13. The van der Waals surface area contributed by atoms with Crippen LogP contribution in [0, 0.1) is 10.1 Å². The van der Waals surface area contributed by atoms with Crippen molar-refractivity contribution in [3.8, 4) is 5.75 Å². The quantitative estimate of drug-likeness (QED) is 0.129. The molecule has 3 aromatic carbocycles. The number of anilines is 1. The van der Waals surface area contributed by atoms with E-state index in [9.17, 15) is 34.1 Å². The number of nitrogens with zero attached hydrogens (tertiary/aromatic N) is 2. The van der Waals surface area contributed by atoms with E-state index >= 15 is 0 Å². The molecule has 1 heterocycles. The molecule has 12 heteroatoms. The number of hydrogen-bond donors (Lipinski definition) is 2. The van der Waals surface area contributed by atoms with Crippen LogP contribution >= 0.6 is 0 Å². The summed E-state index contributed by atoms with van der Waals surface area (Å²) in [6.45, 7) is 1.50. The summed E-state index contributed by atoms with van der Waals surface area (Å²) >= 11 is 0. The van der Waals surface area contributed by atoms with E-state index in [1.165, 1.54) is 25.1 Å². The summed E-state index contributed by atoms with van der Waals surface area (Å²) < 4.78 is 4.99. The number of nitrogens with one attached hydrogen (secondary N) is 2. The van der Waals surface area contributed by atoms with Gasteiger partial charge < -0.3 is 15.4 Å². The number of hydrogen-bond acceptors (Lipinski definition) is 8. The molecule has 40 heavy (non-hydrogen) atoms. The van der Waals surface area contributed by atoms with E-state index in [0.717, 1.165) is 16.5 Å². The lowest BCUT2D eigenvalue weighted by atomic mass is 10.1. The van der Waals surface area contributed by atoms with E-state index in [1.54, 1.807) is 42.5 Å². The third kappa shape index (κ3) is 6.54. The zero-order chi connectivity index (χ0) is 28.8. The van der Waals surface area contributed by atoms with Gasteiger partial charge in [0.2, 0.25) is 5.91 Å². The molecule has 4 rings (SSSR count). The van der Waals surface area contributed by atoms with Crippen LogP contribution in [0.25, 0.3) is 0 Å². The third-order valence-corrected chi connectivity index (χ3v) is 6.00. The molecule has 1 aliphatic rings. The van der Waals surface area contributed by atoms with E-state index < -0.39 is 22.7 Å². The van der Waals surface area contributed by atoms with Crippen LogP contribution in [0.4, 0.5) is 11.4 Å². The first kappa shape index (κ1) is 27.6. The molecule has 0 atom stereocenters. The van der Waals surface area contributed by atoms with Crippen LogP contribution < -0.4 is 15.4 Å². The third-order valence-electron chi connectivity index (χ3n) is 6.00. The number of carbonyl (C=O) groups excluding carboxylic acids is 5. The van der Waals surface area contributed by atoms with Crippen molar-refractivity contribution in [1.29, 1.82) is 0 Å². The monoisotopic (exact) mass is 544 g/mol. The van der Waals surface area contributed by atoms with Gasteiger partial charge in [0.25, 0.3) is 23.4 Å². The fourth-order valence-electron chi connectivity index (χ4n) is 4.07. The van der Waals surface area contributed by atoms with E-state index in [2.05, 4.69) is 10.6 Å². The highest BCUT2D eigenvalue weighted by Crippen LogP contribution is 2.27. The van der Waals surface area contributed by atoms with Gasteiger partial charge in [-0.3, -0.25) is 39.0 Å². The Hall–Kier alpha value is -5.39. The number of nitro benzene ring substituents is 1. The van der Waals surface area contributed by atoms with Gasteiger partial charge in [0, 0.05) is 49.8 Å². The molecule has 12 nitrogen and oxygen atoms in total.